The number of carbonyl (C=O) groups excluding carboxylic acids is 1. The van der Waals surface area contributed by atoms with Crippen molar-refractivity contribution in [3.63, 3.8) is 0 Å². The molecule has 1 aliphatic carbocycles. The molecule has 2 aliphatic rings. The molecular weight excluding hydrogens is 451 g/mol. The number of alkyl halides is 3. The van der Waals surface area contributed by atoms with Gasteiger partial charge in [-0.15, -0.1) is 0 Å². The summed E-state index contributed by atoms with van der Waals surface area (Å²) in [5, 5.41) is 8.82. The number of halogens is 3. The highest BCUT2D eigenvalue weighted by atomic mass is 19.4. The molecule has 2 aromatic rings. The Hall–Kier alpha value is -3.01. The number of aryl methyl sites for hydroxylation is 1. The third-order valence-corrected chi connectivity index (χ3v) is 6.41. The van der Waals surface area contributed by atoms with Crippen molar-refractivity contribution in [3.8, 4) is 6.07 Å². The molecule has 0 spiro atoms. The van der Waals surface area contributed by atoms with Gasteiger partial charge in [0.05, 0.1) is 17.6 Å². The van der Waals surface area contributed by atoms with Gasteiger partial charge in [0, 0.05) is 30.9 Å². The molecule has 1 amide bonds. The topological polar surface area (TPSA) is 47.3 Å². The summed E-state index contributed by atoms with van der Waals surface area (Å²) in [5.74, 6) is -1.38. The summed E-state index contributed by atoms with van der Waals surface area (Å²) < 4.78 is 36.7. The van der Waals surface area contributed by atoms with Crippen LogP contribution in [0.4, 0.5) is 18.9 Å². The second kappa shape index (κ2) is 13.2. The molecule has 0 bridgehead atoms. The Morgan fingerprint density at radius 3 is 1.91 bits per heavy atom. The van der Waals surface area contributed by atoms with Gasteiger partial charge >= 0.3 is 6.18 Å². The van der Waals surface area contributed by atoms with Gasteiger partial charge in [0.25, 0.3) is 0 Å². The molecule has 1 unspecified atom stereocenters. The van der Waals surface area contributed by atoms with Gasteiger partial charge in [0.15, 0.2) is 0 Å². The average molecular weight is 488 g/mol. The van der Waals surface area contributed by atoms with Gasteiger partial charge < -0.3 is 9.80 Å². The number of nitrogens with zero attached hydrogens (tertiary/aromatic N) is 3. The summed E-state index contributed by atoms with van der Waals surface area (Å²) in [6.45, 7) is 8.98. The Kier molecular flexibility index (Phi) is 10.6. The maximum absolute atomic E-state index is 12.2. The molecule has 2 aromatic carbocycles. The van der Waals surface area contributed by atoms with Crippen LogP contribution < -0.4 is 4.90 Å². The number of piperidine rings is 1. The quantitative estimate of drug-likeness (QED) is 0.434. The number of benzene rings is 2. The van der Waals surface area contributed by atoms with Crippen molar-refractivity contribution in [2.45, 2.75) is 77.6 Å². The van der Waals surface area contributed by atoms with E-state index in [1.807, 2.05) is 49.9 Å². The Labute approximate surface area is 207 Å². The van der Waals surface area contributed by atoms with Crippen LogP contribution in [0.15, 0.2) is 48.5 Å². The zero-order chi connectivity index (χ0) is 26.0. The van der Waals surface area contributed by atoms with Crippen molar-refractivity contribution in [1.29, 1.82) is 5.26 Å². The summed E-state index contributed by atoms with van der Waals surface area (Å²) in [6.07, 6.45) is 1.32. The van der Waals surface area contributed by atoms with E-state index in [1.165, 1.54) is 37.6 Å². The van der Waals surface area contributed by atoms with E-state index in [4.69, 9.17) is 5.26 Å². The van der Waals surface area contributed by atoms with Crippen LogP contribution in [0, 0.1) is 18.3 Å². The predicted octanol–water partition coefficient (Wildman–Crippen LogP) is 6.83. The van der Waals surface area contributed by atoms with Gasteiger partial charge in [-0.2, -0.15) is 18.4 Å². The van der Waals surface area contributed by atoms with Crippen molar-refractivity contribution in [2.75, 3.05) is 18.0 Å². The van der Waals surface area contributed by atoms with Gasteiger partial charge in [-0.3, -0.25) is 4.79 Å². The van der Waals surface area contributed by atoms with E-state index in [9.17, 15) is 18.0 Å². The van der Waals surface area contributed by atoms with Crippen LogP contribution in [0.1, 0.15) is 69.1 Å². The number of hydrogen-bond donors (Lipinski definition) is 0. The minimum Gasteiger partial charge on any atom is -0.371 e. The molecule has 1 saturated carbocycles. The van der Waals surface area contributed by atoms with E-state index >= 15 is 0 Å². The average Bonchev–Trinajstić information content (AvgIpc) is 3.71. The molecule has 1 heterocycles. The zero-order valence-corrected chi connectivity index (χ0v) is 21.1. The normalized spacial score (nSPS) is 16.6. The van der Waals surface area contributed by atoms with Crippen LogP contribution in [0.2, 0.25) is 0 Å². The van der Waals surface area contributed by atoms with Crippen LogP contribution in [0.5, 0.6) is 0 Å². The highest BCUT2D eigenvalue weighted by Gasteiger charge is 2.37. The van der Waals surface area contributed by atoms with Crippen LogP contribution in [0.25, 0.3) is 0 Å². The number of carbonyl (C=O) groups is 1. The van der Waals surface area contributed by atoms with Gasteiger partial charge in [-0.1, -0.05) is 43.7 Å². The maximum Gasteiger partial charge on any atom is 0.395 e. The highest BCUT2D eigenvalue weighted by Crippen LogP contribution is 2.34. The largest absolute Gasteiger partial charge is 0.395 e. The lowest BCUT2D eigenvalue weighted by molar-refractivity contribution is -0.146. The van der Waals surface area contributed by atoms with Crippen molar-refractivity contribution >= 4 is 12.1 Å². The van der Waals surface area contributed by atoms with Crippen LogP contribution >= 0.6 is 0 Å². The number of amides is 1. The van der Waals surface area contributed by atoms with Crippen LogP contribution in [0.3, 0.4) is 0 Å². The Balaban J connectivity index is 0.000000251. The summed E-state index contributed by atoms with van der Waals surface area (Å²) >= 11 is 0. The monoisotopic (exact) mass is 487 g/mol. The zero-order valence-electron chi connectivity index (χ0n) is 21.1. The second-order valence-corrected chi connectivity index (χ2v) is 8.83. The van der Waals surface area contributed by atoms with Crippen molar-refractivity contribution in [2.24, 2.45) is 0 Å². The smallest absolute Gasteiger partial charge is 0.371 e. The molecule has 0 aromatic heterocycles. The van der Waals surface area contributed by atoms with Gasteiger partial charge in [0.1, 0.15) is 0 Å². The molecule has 0 N–H and O–H groups in total. The molecule has 0 radical (unpaired) electrons. The second-order valence-electron chi connectivity index (χ2n) is 8.83. The Morgan fingerprint density at radius 2 is 1.49 bits per heavy atom. The molecular formula is C28H36F3N3O. The fourth-order valence-electron chi connectivity index (χ4n) is 4.06. The molecule has 7 heteroatoms. The van der Waals surface area contributed by atoms with Gasteiger partial charge in [-0.25, -0.2) is 0 Å². The van der Waals surface area contributed by atoms with Gasteiger partial charge in [0.2, 0.25) is 6.41 Å². The van der Waals surface area contributed by atoms with E-state index in [-0.39, 0.29) is 0 Å². The molecule has 1 atom stereocenters. The minimum atomic E-state index is -4.14. The van der Waals surface area contributed by atoms with E-state index in [0.717, 1.165) is 37.9 Å². The molecule has 1 saturated heterocycles. The first kappa shape index (κ1) is 28.2. The maximum atomic E-state index is 12.2. The molecule has 35 heavy (non-hydrogen) atoms. The highest BCUT2D eigenvalue weighted by molar-refractivity contribution is 5.51. The third-order valence-electron chi connectivity index (χ3n) is 6.41. The van der Waals surface area contributed by atoms with Crippen molar-refractivity contribution < 1.29 is 18.0 Å². The molecule has 2 fully saturated rings. The molecule has 1 aliphatic heterocycles. The number of rotatable bonds is 5. The molecule has 4 nitrogen and oxygen atoms in total. The van der Waals surface area contributed by atoms with Gasteiger partial charge in [-0.05, 0) is 69.4 Å². The van der Waals surface area contributed by atoms with Crippen molar-refractivity contribution in [3.05, 3.63) is 65.2 Å². The van der Waals surface area contributed by atoms with E-state index in [1.54, 1.807) is 12.1 Å². The number of hydrogen-bond acceptors (Lipinski definition) is 3. The minimum absolute atomic E-state index is 0.318. The first-order valence-corrected chi connectivity index (χ1v) is 12.3. The van der Waals surface area contributed by atoms with E-state index in [2.05, 4.69) is 11.0 Å². The predicted molar refractivity (Wildman–Crippen MR) is 134 cm³/mol. The molecule has 190 valence electrons. The van der Waals surface area contributed by atoms with Crippen molar-refractivity contribution in [1.82, 2.24) is 4.90 Å². The lowest BCUT2D eigenvalue weighted by atomic mass is 10.00. The van der Waals surface area contributed by atoms with Crippen LogP contribution in [-0.4, -0.2) is 42.7 Å². The fourth-order valence-corrected chi connectivity index (χ4v) is 4.06. The SMILES string of the molecule is CC.Cc1ccc(C(C)C(F)(F)F)cc1.N#Cc1ccc(N2CCC(N(C=O)C3CC3)CC2)cc1. The van der Waals surface area contributed by atoms with E-state index in [0.29, 0.717) is 23.2 Å². The summed E-state index contributed by atoms with van der Waals surface area (Å²) in [4.78, 5) is 15.6. The summed E-state index contributed by atoms with van der Waals surface area (Å²) in [6, 6.07) is 17.2. The lowest BCUT2D eigenvalue weighted by Crippen LogP contribution is -2.45. The number of nitriles is 1. The fraction of sp³-hybridized carbons (Fsp3) is 0.500. The van der Waals surface area contributed by atoms with E-state index < -0.39 is 12.1 Å². The lowest BCUT2D eigenvalue weighted by Gasteiger charge is -2.38. The molecule has 4 rings (SSSR count). The third kappa shape index (κ3) is 8.31. The summed E-state index contributed by atoms with van der Waals surface area (Å²) in [5.41, 5.74) is 3.16. The number of anilines is 1. The first-order valence-electron chi connectivity index (χ1n) is 12.3. The summed E-state index contributed by atoms with van der Waals surface area (Å²) in [7, 11) is 0. The van der Waals surface area contributed by atoms with Crippen LogP contribution in [-0.2, 0) is 4.79 Å². The Bertz CT molecular complexity index is 939. The first-order chi connectivity index (χ1) is 16.7. The Morgan fingerprint density at radius 1 is 0.971 bits per heavy atom. The standard InChI is InChI=1S/C16H19N3O.C10H11F3.C2H6/c17-11-13-1-3-14(4-2-13)18-9-7-16(8-10-18)19(12-20)15-5-6-15;1-7-3-5-9(6-4-7)8(2)10(11,12)13;1-2/h1-4,12,15-16H,5-10H2;3-6,8H,1-2H3;1-2H3.